The van der Waals surface area contributed by atoms with Gasteiger partial charge in [-0.15, -0.1) is 0 Å². The second-order valence-corrected chi connectivity index (χ2v) is 2.87. The number of aliphatic hydroxyl groups is 4. The van der Waals surface area contributed by atoms with Crippen LogP contribution < -0.4 is 0 Å². The molecule has 5 heteroatoms. The van der Waals surface area contributed by atoms with Gasteiger partial charge in [0.1, 0.15) is 12.1 Å². The SMILES string of the molecule is OCC1=N[C@H](CO)[C@@H](O)[C@H](O)C1. The van der Waals surface area contributed by atoms with Crippen molar-refractivity contribution in [3.8, 4) is 0 Å². The van der Waals surface area contributed by atoms with Gasteiger partial charge < -0.3 is 20.4 Å². The van der Waals surface area contributed by atoms with E-state index < -0.39 is 18.2 Å². The molecule has 1 aliphatic heterocycles. The molecule has 0 saturated carbocycles. The van der Waals surface area contributed by atoms with Crippen molar-refractivity contribution in [2.45, 2.75) is 24.7 Å². The van der Waals surface area contributed by atoms with Crippen LogP contribution in [0.2, 0.25) is 0 Å². The molecule has 0 aliphatic carbocycles. The molecule has 0 radical (unpaired) electrons. The van der Waals surface area contributed by atoms with Crippen molar-refractivity contribution in [3.63, 3.8) is 0 Å². The summed E-state index contributed by atoms with van der Waals surface area (Å²) in [7, 11) is 0. The third-order valence-corrected chi connectivity index (χ3v) is 1.95. The maximum Gasteiger partial charge on any atom is 0.105 e. The standard InChI is InChI=1S/C7H13NO4/c9-2-4-1-6(11)7(12)5(3-10)8-4/h5-7,9-12H,1-3H2/t5-,6-,7-/m1/s1. The molecule has 1 heterocycles. The molecule has 0 saturated heterocycles. The summed E-state index contributed by atoms with van der Waals surface area (Å²) in [5.41, 5.74) is 0.423. The van der Waals surface area contributed by atoms with Gasteiger partial charge in [0.05, 0.1) is 19.3 Å². The summed E-state index contributed by atoms with van der Waals surface area (Å²) in [6.07, 6.45) is -1.78. The Hall–Kier alpha value is -0.490. The Morgan fingerprint density at radius 3 is 2.50 bits per heavy atom. The lowest BCUT2D eigenvalue weighted by atomic mass is 9.97. The average Bonchev–Trinajstić information content (AvgIpc) is 2.09. The third-order valence-electron chi connectivity index (χ3n) is 1.95. The first-order valence-electron chi connectivity index (χ1n) is 3.82. The second-order valence-electron chi connectivity index (χ2n) is 2.87. The summed E-state index contributed by atoms with van der Waals surface area (Å²) >= 11 is 0. The van der Waals surface area contributed by atoms with Crippen LogP contribution in [0, 0.1) is 0 Å². The minimum Gasteiger partial charge on any atom is -0.394 e. The number of hydrogen-bond donors (Lipinski definition) is 4. The Bertz CT molecular complexity index is 182. The average molecular weight is 175 g/mol. The highest BCUT2D eigenvalue weighted by Gasteiger charge is 2.30. The molecule has 0 spiro atoms. The first-order chi connectivity index (χ1) is 5.69. The van der Waals surface area contributed by atoms with Gasteiger partial charge in [0.15, 0.2) is 0 Å². The predicted molar refractivity (Wildman–Crippen MR) is 42.0 cm³/mol. The van der Waals surface area contributed by atoms with Gasteiger partial charge in [-0.1, -0.05) is 0 Å². The van der Waals surface area contributed by atoms with E-state index in [2.05, 4.69) is 4.99 Å². The molecule has 12 heavy (non-hydrogen) atoms. The van der Waals surface area contributed by atoms with E-state index in [0.717, 1.165) is 0 Å². The third kappa shape index (κ3) is 1.81. The van der Waals surface area contributed by atoms with E-state index in [1.54, 1.807) is 0 Å². The van der Waals surface area contributed by atoms with E-state index in [-0.39, 0.29) is 19.6 Å². The monoisotopic (exact) mass is 175 g/mol. The Labute approximate surface area is 70.0 Å². The van der Waals surface area contributed by atoms with Gasteiger partial charge in [-0.2, -0.15) is 0 Å². The van der Waals surface area contributed by atoms with Crippen LogP contribution in [0.15, 0.2) is 4.99 Å². The number of hydrogen-bond acceptors (Lipinski definition) is 5. The molecule has 4 N–H and O–H groups in total. The number of aliphatic hydroxyl groups excluding tert-OH is 4. The Kier molecular flexibility index (Phi) is 3.16. The van der Waals surface area contributed by atoms with Gasteiger partial charge in [-0.3, -0.25) is 4.99 Å². The van der Waals surface area contributed by atoms with Crippen LogP contribution in [-0.2, 0) is 0 Å². The molecular formula is C7H13NO4. The quantitative estimate of drug-likeness (QED) is 0.387. The van der Waals surface area contributed by atoms with Crippen molar-refractivity contribution in [2.24, 2.45) is 4.99 Å². The van der Waals surface area contributed by atoms with Crippen LogP contribution in [0.5, 0.6) is 0 Å². The van der Waals surface area contributed by atoms with Crippen molar-refractivity contribution in [2.75, 3.05) is 13.2 Å². The fraction of sp³-hybridized carbons (Fsp3) is 0.857. The van der Waals surface area contributed by atoms with Gasteiger partial charge in [0.2, 0.25) is 0 Å². The molecule has 0 aromatic carbocycles. The molecule has 1 aliphatic rings. The first-order valence-corrected chi connectivity index (χ1v) is 3.82. The molecule has 70 valence electrons. The van der Waals surface area contributed by atoms with E-state index in [0.29, 0.717) is 5.71 Å². The van der Waals surface area contributed by atoms with Crippen molar-refractivity contribution in [3.05, 3.63) is 0 Å². The zero-order valence-corrected chi connectivity index (χ0v) is 6.59. The van der Waals surface area contributed by atoms with E-state index >= 15 is 0 Å². The summed E-state index contributed by atoms with van der Waals surface area (Å²) in [4.78, 5) is 3.86. The van der Waals surface area contributed by atoms with E-state index in [1.807, 2.05) is 0 Å². The van der Waals surface area contributed by atoms with Crippen LogP contribution in [0.25, 0.3) is 0 Å². The predicted octanol–water partition coefficient (Wildman–Crippen LogP) is -2.09. The summed E-state index contributed by atoms with van der Waals surface area (Å²) in [6.45, 7) is -0.554. The highest BCUT2D eigenvalue weighted by Crippen LogP contribution is 2.14. The Morgan fingerprint density at radius 1 is 1.33 bits per heavy atom. The molecule has 0 aromatic heterocycles. The van der Waals surface area contributed by atoms with Crippen LogP contribution in [0.1, 0.15) is 6.42 Å². The smallest absolute Gasteiger partial charge is 0.105 e. The molecule has 0 fully saturated rings. The molecule has 0 aromatic rings. The lowest BCUT2D eigenvalue weighted by molar-refractivity contribution is -0.00909. The molecule has 3 atom stereocenters. The minimum atomic E-state index is -1.02. The number of aliphatic imine (C=N–C) groups is 1. The maximum atomic E-state index is 9.25. The molecule has 0 bridgehead atoms. The number of nitrogens with zero attached hydrogens (tertiary/aromatic N) is 1. The van der Waals surface area contributed by atoms with Crippen LogP contribution >= 0.6 is 0 Å². The van der Waals surface area contributed by atoms with E-state index in [1.165, 1.54) is 0 Å². The topological polar surface area (TPSA) is 93.3 Å². The Morgan fingerprint density at radius 2 is 2.00 bits per heavy atom. The molecule has 5 nitrogen and oxygen atoms in total. The normalized spacial score (nSPS) is 36.3. The van der Waals surface area contributed by atoms with Crippen LogP contribution in [0.4, 0.5) is 0 Å². The zero-order valence-electron chi connectivity index (χ0n) is 6.59. The van der Waals surface area contributed by atoms with Crippen LogP contribution in [0.3, 0.4) is 0 Å². The van der Waals surface area contributed by atoms with Gasteiger partial charge in [0.25, 0.3) is 0 Å². The highest BCUT2D eigenvalue weighted by atomic mass is 16.3. The van der Waals surface area contributed by atoms with Gasteiger partial charge >= 0.3 is 0 Å². The summed E-state index contributed by atoms with van der Waals surface area (Å²) in [5, 5.41) is 35.9. The van der Waals surface area contributed by atoms with E-state index in [9.17, 15) is 10.2 Å². The molecular weight excluding hydrogens is 162 g/mol. The van der Waals surface area contributed by atoms with Crippen molar-refractivity contribution in [1.29, 1.82) is 0 Å². The Balaban J connectivity index is 2.71. The lowest BCUT2D eigenvalue weighted by Gasteiger charge is -2.28. The summed E-state index contributed by atoms with van der Waals surface area (Å²) in [5.74, 6) is 0. The van der Waals surface area contributed by atoms with Crippen molar-refractivity contribution in [1.82, 2.24) is 0 Å². The lowest BCUT2D eigenvalue weighted by Crippen LogP contribution is -2.44. The van der Waals surface area contributed by atoms with Gasteiger partial charge in [0, 0.05) is 12.1 Å². The fourth-order valence-corrected chi connectivity index (χ4v) is 1.24. The van der Waals surface area contributed by atoms with E-state index in [4.69, 9.17) is 10.2 Å². The van der Waals surface area contributed by atoms with Crippen molar-refractivity contribution < 1.29 is 20.4 Å². The largest absolute Gasteiger partial charge is 0.394 e. The van der Waals surface area contributed by atoms with Crippen molar-refractivity contribution >= 4 is 5.71 Å². The van der Waals surface area contributed by atoms with Gasteiger partial charge in [-0.05, 0) is 0 Å². The summed E-state index contributed by atoms with van der Waals surface area (Å²) < 4.78 is 0. The highest BCUT2D eigenvalue weighted by molar-refractivity contribution is 5.86. The maximum absolute atomic E-state index is 9.25. The van der Waals surface area contributed by atoms with Gasteiger partial charge in [-0.25, -0.2) is 0 Å². The second kappa shape index (κ2) is 3.95. The molecule has 0 amide bonds. The number of rotatable bonds is 2. The summed E-state index contributed by atoms with van der Waals surface area (Å²) in [6, 6.07) is -0.698. The zero-order chi connectivity index (χ0) is 9.14. The fourth-order valence-electron chi connectivity index (χ4n) is 1.24. The first kappa shape index (κ1) is 9.60. The van der Waals surface area contributed by atoms with Crippen LogP contribution in [-0.4, -0.2) is 57.6 Å². The minimum absolute atomic E-state index is 0.175. The molecule has 0 unspecified atom stereocenters. The molecule has 1 rings (SSSR count).